The van der Waals surface area contributed by atoms with Crippen molar-refractivity contribution in [2.45, 2.75) is 44.6 Å². The first kappa shape index (κ1) is 11.5. The zero-order chi connectivity index (χ0) is 10.6. The maximum absolute atomic E-state index is 11.9. The summed E-state index contributed by atoms with van der Waals surface area (Å²) in [6, 6.07) is 0. The number of nitrogens with zero attached hydrogens (tertiary/aromatic N) is 1. The molecule has 1 rings (SSSR count). The minimum Gasteiger partial charge on any atom is -0.358 e. The zero-order valence-corrected chi connectivity index (χ0v) is 9.60. The molecule has 0 aromatic heterocycles. The minimum atomic E-state index is -0.220. The summed E-state index contributed by atoms with van der Waals surface area (Å²) < 4.78 is 0. The van der Waals surface area contributed by atoms with E-state index in [0.29, 0.717) is 0 Å². The largest absolute Gasteiger partial charge is 0.358 e. The van der Waals surface area contributed by atoms with Gasteiger partial charge in [0.2, 0.25) is 5.91 Å². The first-order valence-electron chi connectivity index (χ1n) is 5.61. The average molecular weight is 198 g/mol. The quantitative estimate of drug-likeness (QED) is 0.743. The molecule has 1 fully saturated rings. The first-order chi connectivity index (χ1) is 6.67. The summed E-state index contributed by atoms with van der Waals surface area (Å²) in [7, 11) is 3.79. The molecule has 3 nitrogen and oxygen atoms in total. The van der Waals surface area contributed by atoms with E-state index in [1.54, 1.807) is 7.05 Å². The monoisotopic (exact) mass is 198 g/mol. The van der Waals surface area contributed by atoms with E-state index in [1.165, 1.54) is 19.3 Å². The third kappa shape index (κ3) is 1.92. The second-order valence-corrected chi connectivity index (χ2v) is 4.19. The summed E-state index contributed by atoms with van der Waals surface area (Å²) in [5, 5.41) is 2.81. The van der Waals surface area contributed by atoms with E-state index in [0.717, 1.165) is 19.4 Å². The Morgan fingerprint density at radius 3 is 2.36 bits per heavy atom. The highest BCUT2D eigenvalue weighted by Gasteiger charge is 2.41. The van der Waals surface area contributed by atoms with Crippen LogP contribution in [0.1, 0.15) is 39.0 Å². The second kappa shape index (κ2) is 4.78. The highest BCUT2D eigenvalue weighted by Crippen LogP contribution is 2.32. The van der Waals surface area contributed by atoms with E-state index in [1.807, 2.05) is 0 Å². The van der Waals surface area contributed by atoms with Gasteiger partial charge in [-0.15, -0.1) is 0 Å². The molecule has 3 heteroatoms. The third-order valence-electron chi connectivity index (χ3n) is 3.54. The van der Waals surface area contributed by atoms with Crippen LogP contribution in [0, 0.1) is 0 Å². The highest BCUT2D eigenvalue weighted by molar-refractivity contribution is 5.86. The van der Waals surface area contributed by atoms with Crippen LogP contribution in [0.15, 0.2) is 0 Å². The molecule has 1 aliphatic carbocycles. The number of likely N-dealkylation sites (N-methyl/N-ethyl adjacent to an activating group) is 2. The summed E-state index contributed by atoms with van der Waals surface area (Å²) in [4.78, 5) is 14.1. The molecule has 1 saturated carbocycles. The molecule has 0 atom stereocenters. The van der Waals surface area contributed by atoms with Gasteiger partial charge in [0.05, 0.1) is 0 Å². The van der Waals surface area contributed by atoms with Crippen LogP contribution in [-0.4, -0.2) is 37.0 Å². The van der Waals surface area contributed by atoms with Crippen molar-refractivity contribution in [2.24, 2.45) is 0 Å². The normalized spacial score (nSPS) is 20.9. The number of carbonyl (C=O) groups excluding carboxylic acids is 1. The first-order valence-corrected chi connectivity index (χ1v) is 5.61. The van der Waals surface area contributed by atoms with Crippen LogP contribution < -0.4 is 5.32 Å². The van der Waals surface area contributed by atoms with Gasteiger partial charge in [-0.25, -0.2) is 0 Å². The van der Waals surface area contributed by atoms with Crippen LogP contribution in [0.5, 0.6) is 0 Å². The Hall–Kier alpha value is -0.570. The van der Waals surface area contributed by atoms with Crippen LogP contribution in [0.3, 0.4) is 0 Å². The molecule has 0 radical (unpaired) electrons. The molecule has 1 aliphatic rings. The van der Waals surface area contributed by atoms with Gasteiger partial charge < -0.3 is 5.32 Å². The average Bonchev–Trinajstić information content (AvgIpc) is 2.27. The number of rotatable bonds is 3. The lowest BCUT2D eigenvalue weighted by molar-refractivity contribution is -0.134. The van der Waals surface area contributed by atoms with Crippen molar-refractivity contribution < 1.29 is 4.79 Å². The molecule has 82 valence electrons. The van der Waals surface area contributed by atoms with Crippen LogP contribution in [0.2, 0.25) is 0 Å². The maximum atomic E-state index is 11.9. The Balaban J connectivity index is 2.82. The smallest absolute Gasteiger partial charge is 0.240 e. The third-order valence-corrected chi connectivity index (χ3v) is 3.54. The number of nitrogens with one attached hydrogen (secondary N) is 1. The van der Waals surface area contributed by atoms with Crippen molar-refractivity contribution in [2.75, 3.05) is 20.6 Å². The molecule has 0 aromatic carbocycles. The fraction of sp³-hybridized carbons (Fsp3) is 0.909. The van der Waals surface area contributed by atoms with E-state index in [-0.39, 0.29) is 11.4 Å². The lowest BCUT2D eigenvalue weighted by Gasteiger charge is -2.42. The number of hydrogen-bond donors (Lipinski definition) is 1. The van der Waals surface area contributed by atoms with Crippen molar-refractivity contribution in [1.29, 1.82) is 0 Å². The summed E-state index contributed by atoms with van der Waals surface area (Å²) in [6.07, 6.45) is 5.65. The van der Waals surface area contributed by atoms with Crippen molar-refractivity contribution in [3.63, 3.8) is 0 Å². The minimum absolute atomic E-state index is 0.196. The Morgan fingerprint density at radius 2 is 1.93 bits per heavy atom. The van der Waals surface area contributed by atoms with E-state index in [9.17, 15) is 4.79 Å². The van der Waals surface area contributed by atoms with Crippen LogP contribution in [0.25, 0.3) is 0 Å². The summed E-state index contributed by atoms with van der Waals surface area (Å²) in [5.74, 6) is 0.196. The van der Waals surface area contributed by atoms with Crippen molar-refractivity contribution >= 4 is 5.91 Å². The van der Waals surface area contributed by atoms with Crippen molar-refractivity contribution in [1.82, 2.24) is 10.2 Å². The van der Waals surface area contributed by atoms with Gasteiger partial charge in [0.15, 0.2) is 0 Å². The predicted molar refractivity (Wildman–Crippen MR) is 58.2 cm³/mol. The molecule has 1 amide bonds. The predicted octanol–water partition coefficient (Wildman–Crippen LogP) is 1.39. The Kier molecular flexibility index (Phi) is 3.93. The fourth-order valence-corrected chi connectivity index (χ4v) is 2.45. The van der Waals surface area contributed by atoms with E-state index in [2.05, 4.69) is 24.2 Å². The topological polar surface area (TPSA) is 32.3 Å². The maximum Gasteiger partial charge on any atom is 0.240 e. The molecule has 0 saturated heterocycles. The molecule has 0 unspecified atom stereocenters. The van der Waals surface area contributed by atoms with E-state index in [4.69, 9.17) is 0 Å². The molecular weight excluding hydrogens is 176 g/mol. The molecule has 0 aliphatic heterocycles. The lowest BCUT2D eigenvalue weighted by Crippen LogP contribution is -2.57. The van der Waals surface area contributed by atoms with Gasteiger partial charge in [-0.2, -0.15) is 0 Å². The van der Waals surface area contributed by atoms with Gasteiger partial charge in [0.1, 0.15) is 5.54 Å². The summed E-state index contributed by atoms with van der Waals surface area (Å²) >= 11 is 0. The second-order valence-electron chi connectivity index (χ2n) is 4.19. The van der Waals surface area contributed by atoms with Gasteiger partial charge >= 0.3 is 0 Å². The molecule has 0 spiro atoms. The standard InChI is InChI=1S/C11H22N2O/c1-4-13(3)11(10(14)12-2)8-6-5-7-9-11/h4-9H2,1-3H3,(H,12,14). The summed E-state index contributed by atoms with van der Waals surface area (Å²) in [5.41, 5.74) is -0.220. The van der Waals surface area contributed by atoms with Crippen molar-refractivity contribution in [3.05, 3.63) is 0 Å². The van der Waals surface area contributed by atoms with E-state index < -0.39 is 0 Å². The summed E-state index contributed by atoms with van der Waals surface area (Å²) in [6.45, 7) is 3.05. The number of carbonyl (C=O) groups is 1. The SMILES string of the molecule is CCN(C)C1(C(=O)NC)CCCCC1. The van der Waals surface area contributed by atoms with Gasteiger partial charge in [0.25, 0.3) is 0 Å². The van der Waals surface area contributed by atoms with E-state index >= 15 is 0 Å². The number of amides is 1. The van der Waals surface area contributed by atoms with Crippen LogP contribution in [-0.2, 0) is 4.79 Å². The van der Waals surface area contributed by atoms with Gasteiger partial charge in [0, 0.05) is 7.05 Å². The Labute approximate surface area is 86.9 Å². The Bertz CT molecular complexity index is 197. The van der Waals surface area contributed by atoms with Gasteiger partial charge in [-0.05, 0) is 26.4 Å². The molecule has 14 heavy (non-hydrogen) atoms. The Morgan fingerprint density at radius 1 is 1.36 bits per heavy atom. The van der Waals surface area contributed by atoms with Gasteiger partial charge in [-0.3, -0.25) is 9.69 Å². The number of hydrogen-bond acceptors (Lipinski definition) is 2. The molecule has 0 aromatic rings. The van der Waals surface area contributed by atoms with Gasteiger partial charge in [-0.1, -0.05) is 26.2 Å². The zero-order valence-electron chi connectivity index (χ0n) is 9.60. The van der Waals surface area contributed by atoms with Crippen LogP contribution >= 0.6 is 0 Å². The van der Waals surface area contributed by atoms with Crippen molar-refractivity contribution in [3.8, 4) is 0 Å². The molecule has 0 bridgehead atoms. The molecule has 0 heterocycles. The lowest BCUT2D eigenvalue weighted by atomic mass is 9.79. The molecule has 1 N–H and O–H groups in total. The highest BCUT2D eigenvalue weighted by atomic mass is 16.2. The van der Waals surface area contributed by atoms with Crippen LogP contribution in [0.4, 0.5) is 0 Å². The fourth-order valence-electron chi connectivity index (χ4n) is 2.45. The molecular formula is C11H22N2O.